The van der Waals surface area contributed by atoms with E-state index in [4.69, 9.17) is 5.11 Å². The van der Waals surface area contributed by atoms with Crippen LogP contribution in [-0.4, -0.2) is 29.5 Å². The molecule has 4 nitrogen and oxygen atoms in total. The van der Waals surface area contributed by atoms with Gasteiger partial charge in [0.15, 0.2) is 0 Å². The van der Waals surface area contributed by atoms with E-state index >= 15 is 0 Å². The van der Waals surface area contributed by atoms with Gasteiger partial charge >= 0.3 is 12.2 Å². The largest absolute Gasteiger partial charge is 0.396 e. The maximum absolute atomic E-state index is 12.3. The number of rotatable bonds is 6. The average molecular weight is 318 g/mol. The van der Waals surface area contributed by atoms with Crippen LogP contribution in [0.5, 0.6) is 0 Å². The Kier molecular flexibility index (Phi) is 6.22. The number of nitrogens with one attached hydrogen (secondary N) is 2. The zero-order valence-corrected chi connectivity index (χ0v) is 12.6. The summed E-state index contributed by atoms with van der Waals surface area (Å²) in [6.45, 7) is 3.42. The van der Waals surface area contributed by atoms with Crippen molar-refractivity contribution in [1.29, 1.82) is 0 Å². The molecule has 22 heavy (non-hydrogen) atoms. The summed E-state index contributed by atoms with van der Waals surface area (Å²) in [4.78, 5) is 11.9. The van der Waals surface area contributed by atoms with Gasteiger partial charge in [0.2, 0.25) is 0 Å². The molecule has 2 amide bonds. The van der Waals surface area contributed by atoms with Crippen molar-refractivity contribution in [3.8, 4) is 0 Å². The molecule has 0 aliphatic rings. The summed E-state index contributed by atoms with van der Waals surface area (Å²) in [6.07, 6.45) is -5.00. The summed E-state index contributed by atoms with van der Waals surface area (Å²) in [5.41, 5.74) is 0.165. The number of hydrogen-bond donors (Lipinski definition) is 3. The number of halogens is 3. The van der Waals surface area contributed by atoms with Gasteiger partial charge in [0.05, 0.1) is 0 Å². The number of benzene rings is 1. The first kappa shape index (κ1) is 18.3. The fourth-order valence-electron chi connectivity index (χ4n) is 1.94. The second-order valence-corrected chi connectivity index (χ2v) is 5.71. The number of amides is 2. The van der Waals surface area contributed by atoms with E-state index < -0.39 is 24.2 Å². The van der Waals surface area contributed by atoms with Crippen LogP contribution in [0.25, 0.3) is 0 Å². The van der Waals surface area contributed by atoms with Gasteiger partial charge in [-0.05, 0) is 38.3 Å². The second kappa shape index (κ2) is 7.49. The van der Waals surface area contributed by atoms with Gasteiger partial charge in [-0.25, -0.2) is 4.79 Å². The lowest BCUT2D eigenvalue weighted by Crippen LogP contribution is -2.46. The van der Waals surface area contributed by atoms with E-state index in [-0.39, 0.29) is 13.0 Å². The van der Waals surface area contributed by atoms with Gasteiger partial charge in [0.25, 0.3) is 0 Å². The first-order valence-corrected chi connectivity index (χ1v) is 6.98. The fourth-order valence-corrected chi connectivity index (χ4v) is 1.94. The Morgan fingerprint density at radius 3 is 2.41 bits per heavy atom. The maximum Gasteiger partial charge on any atom is 0.389 e. The molecule has 0 aliphatic carbocycles. The van der Waals surface area contributed by atoms with E-state index in [1.54, 1.807) is 38.1 Å². The highest BCUT2D eigenvalue weighted by Gasteiger charge is 2.27. The molecule has 0 saturated heterocycles. The number of aryl methyl sites for hydroxylation is 1. The van der Waals surface area contributed by atoms with Crippen molar-refractivity contribution in [2.75, 3.05) is 11.9 Å². The number of alkyl halides is 3. The quantitative estimate of drug-likeness (QED) is 0.752. The van der Waals surface area contributed by atoms with Gasteiger partial charge in [0.1, 0.15) is 0 Å². The summed E-state index contributed by atoms with van der Waals surface area (Å²) in [5, 5.41) is 14.2. The Balaban J connectivity index is 2.71. The third kappa shape index (κ3) is 6.80. The Morgan fingerprint density at radius 1 is 1.18 bits per heavy atom. The lowest BCUT2D eigenvalue weighted by Gasteiger charge is -2.25. The Bertz CT molecular complexity index is 502. The van der Waals surface area contributed by atoms with E-state index in [1.807, 2.05) is 0 Å². The highest BCUT2D eigenvalue weighted by atomic mass is 19.4. The van der Waals surface area contributed by atoms with Crippen LogP contribution in [0.2, 0.25) is 0 Å². The van der Waals surface area contributed by atoms with Crippen molar-refractivity contribution in [3.05, 3.63) is 29.8 Å². The highest BCUT2D eigenvalue weighted by molar-refractivity contribution is 5.90. The van der Waals surface area contributed by atoms with E-state index in [0.29, 0.717) is 17.7 Å². The summed E-state index contributed by atoms with van der Waals surface area (Å²) in [7, 11) is 0. The van der Waals surface area contributed by atoms with E-state index in [0.717, 1.165) is 0 Å². The summed E-state index contributed by atoms with van der Waals surface area (Å²) in [6, 6.07) is 5.87. The molecule has 0 aromatic heterocycles. The highest BCUT2D eigenvalue weighted by Crippen LogP contribution is 2.25. The van der Waals surface area contributed by atoms with Crippen LogP contribution in [0, 0.1) is 0 Å². The molecule has 1 aromatic rings. The minimum Gasteiger partial charge on any atom is -0.396 e. The Morgan fingerprint density at radius 2 is 1.82 bits per heavy atom. The van der Waals surface area contributed by atoms with Crippen molar-refractivity contribution < 1.29 is 23.1 Å². The number of anilines is 1. The molecule has 0 heterocycles. The smallest absolute Gasteiger partial charge is 0.389 e. The van der Waals surface area contributed by atoms with Crippen LogP contribution in [0.1, 0.15) is 32.3 Å². The third-order valence-electron chi connectivity index (χ3n) is 3.13. The number of aliphatic hydroxyl groups excluding tert-OH is 1. The summed E-state index contributed by atoms with van der Waals surface area (Å²) < 4.78 is 37.0. The molecule has 0 spiro atoms. The van der Waals surface area contributed by atoms with Crippen molar-refractivity contribution in [3.63, 3.8) is 0 Å². The average Bonchev–Trinajstić information content (AvgIpc) is 2.35. The normalized spacial score (nSPS) is 12.1. The minimum absolute atomic E-state index is 0.0740. The van der Waals surface area contributed by atoms with Crippen LogP contribution in [0.3, 0.4) is 0 Å². The van der Waals surface area contributed by atoms with Crippen molar-refractivity contribution >= 4 is 11.7 Å². The standard InChI is InChI=1S/C15H21F3N2O2/c1-14(2,9-10-21)20-13(22)19-12-6-4-3-5-11(12)7-8-15(16,17)18/h3-6,21H,7-10H2,1-2H3,(H2,19,20,22). The van der Waals surface area contributed by atoms with E-state index in [1.165, 1.54) is 0 Å². The Labute approximate surface area is 127 Å². The molecule has 0 bridgehead atoms. The fraction of sp³-hybridized carbons (Fsp3) is 0.533. The van der Waals surface area contributed by atoms with Crippen molar-refractivity contribution in [1.82, 2.24) is 5.32 Å². The van der Waals surface area contributed by atoms with E-state index in [2.05, 4.69) is 10.6 Å². The van der Waals surface area contributed by atoms with Crippen molar-refractivity contribution in [2.45, 2.75) is 44.8 Å². The van der Waals surface area contributed by atoms with Gasteiger partial charge in [-0.3, -0.25) is 0 Å². The summed E-state index contributed by atoms with van der Waals surface area (Å²) in [5.74, 6) is 0. The molecule has 3 N–H and O–H groups in total. The number of carbonyl (C=O) groups excluding carboxylic acids is 1. The molecule has 1 aromatic carbocycles. The van der Waals surface area contributed by atoms with Crippen molar-refractivity contribution in [2.24, 2.45) is 0 Å². The SMILES string of the molecule is CC(C)(CCO)NC(=O)Nc1ccccc1CCC(F)(F)F. The molecular formula is C15H21F3N2O2. The minimum atomic E-state index is -4.24. The molecule has 0 unspecified atom stereocenters. The number of urea groups is 1. The molecule has 0 fully saturated rings. The molecular weight excluding hydrogens is 297 g/mol. The van der Waals surface area contributed by atoms with Gasteiger partial charge < -0.3 is 15.7 Å². The molecule has 124 valence electrons. The summed E-state index contributed by atoms with van der Waals surface area (Å²) >= 11 is 0. The van der Waals surface area contributed by atoms with Crippen LogP contribution in [0.15, 0.2) is 24.3 Å². The lowest BCUT2D eigenvalue weighted by molar-refractivity contribution is -0.133. The molecule has 0 atom stereocenters. The number of carbonyl (C=O) groups is 1. The molecule has 0 aliphatic heterocycles. The van der Waals surface area contributed by atoms with Crippen LogP contribution in [0.4, 0.5) is 23.7 Å². The third-order valence-corrected chi connectivity index (χ3v) is 3.13. The van der Waals surface area contributed by atoms with Gasteiger partial charge in [-0.15, -0.1) is 0 Å². The van der Waals surface area contributed by atoms with Gasteiger partial charge in [-0.1, -0.05) is 18.2 Å². The first-order valence-electron chi connectivity index (χ1n) is 6.98. The number of para-hydroxylation sites is 1. The number of aliphatic hydroxyl groups is 1. The van der Waals surface area contributed by atoms with E-state index in [9.17, 15) is 18.0 Å². The lowest BCUT2D eigenvalue weighted by atomic mass is 10.0. The topological polar surface area (TPSA) is 61.4 Å². The van der Waals surface area contributed by atoms with Gasteiger partial charge in [-0.2, -0.15) is 13.2 Å². The Hall–Kier alpha value is -1.76. The maximum atomic E-state index is 12.3. The monoisotopic (exact) mass is 318 g/mol. The zero-order valence-electron chi connectivity index (χ0n) is 12.6. The van der Waals surface area contributed by atoms with Crippen LogP contribution in [-0.2, 0) is 6.42 Å². The predicted octanol–water partition coefficient (Wildman–Crippen LogP) is 3.46. The predicted molar refractivity (Wildman–Crippen MR) is 78.8 cm³/mol. The van der Waals surface area contributed by atoms with Gasteiger partial charge in [0, 0.05) is 24.3 Å². The molecule has 0 radical (unpaired) electrons. The molecule has 0 saturated carbocycles. The number of hydrogen-bond acceptors (Lipinski definition) is 2. The first-order chi connectivity index (χ1) is 10.1. The van der Waals surface area contributed by atoms with Crippen LogP contribution >= 0.6 is 0 Å². The molecule has 7 heteroatoms. The second-order valence-electron chi connectivity index (χ2n) is 5.71. The van der Waals surface area contributed by atoms with Crippen LogP contribution < -0.4 is 10.6 Å². The molecule has 1 rings (SSSR count). The zero-order chi connectivity index (χ0) is 16.8.